The maximum Gasteiger partial charge on any atom is 0.219 e. The molecule has 1 amide bonds. The zero-order valence-electron chi connectivity index (χ0n) is 7.26. The van der Waals surface area contributed by atoms with E-state index in [4.69, 9.17) is 0 Å². The highest BCUT2D eigenvalue weighted by molar-refractivity contribution is 5.73. The van der Waals surface area contributed by atoms with E-state index in [0.717, 1.165) is 26.1 Å². The van der Waals surface area contributed by atoms with Crippen LogP contribution in [0.4, 0.5) is 0 Å². The first-order valence-electron chi connectivity index (χ1n) is 4.23. The van der Waals surface area contributed by atoms with Crippen LogP contribution in [0.3, 0.4) is 0 Å². The van der Waals surface area contributed by atoms with E-state index < -0.39 is 0 Å². The molecule has 0 aromatic heterocycles. The first kappa shape index (κ1) is 8.53. The van der Waals surface area contributed by atoms with E-state index in [0.29, 0.717) is 6.04 Å². The van der Waals surface area contributed by atoms with E-state index in [-0.39, 0.29) is 5.91 Å². The van der Waals surface area contributed by atoms with Gasteiger partial charge in [0.25, 0.3) is 0 Å². The second-order valence-electron chi connectivity index (χ2n) is 2.95. The normalized spacial score (nSPS) is 23.6. The first-order chi connectivity index (χ1) is 5.25. The van der Waals surface area contributed by atoms with Gasteiger partial charge >= 0.3 is 0 Å². The molecule has 1 saturated heterocycles. The van der Waals surface area contributed by atoms with E-state index in [2.05, 4.69) is 5.32 Å². The van der Waals surface area contributed by atoms with Gasteiger partial charge in [-0.25, -0.2) is 0 Å². The van der Waals surface area contributed by atoms with Crippen molar-refractivity contribution < 1.29 is 4.79 Å². The Bertz CT molecular complexity index is 141. The summed E-state index contributed by atoms with van der Waals surface area (Å²) in [6, 6.07) is 0.442. The summed E-state index contributed by atoms with van der Waals surface area (Å²) in [6.45, 7) is 6.52. The Hall–Kier alpha value is -0.570. The Morgan fingerprint density at radius 3 is 2.82 bits per heavy atom. The Labute approximate surface area is 67.8 Å². The number of nitrogens with one attached hydrogen (secondary N) is 1. The maximum absolute atomic E-state index is 11.1. The number of hydrogen-bond donors (Lipinski definition) is 1. The van der Waals surface area contributed by atoms with Crippen molar-refractivity contribution in [1.29, 1.82) is 0 Å². The van der Waals surface area contributed by atoms with E-state index in [1.165, 1.54) is 0 Å². The molecule has 1 atom stereocenters. The standard InChI is InChI=1S/C8H16N2O/c1-3-10(7(2)11)8-4-5-9-6-8/h8-9H,3-6H2,1-2H3/t8-/m0/s1. The highest BCUT2D eigenvalue weighted by Gasteiger charge is 2.22. The monoisotopic (exact) mass is 156 g/mol. The molecule has 0 aromatic rings. The zero-order valence-corrected chi connectivity index (χ0v) is 7.26. The van der Waals surface area contributed by atoms with Gasteiger partial charge in [-0.05, 0) is 19.9 Å². The molecule has 1 heterocycles. The minimum absolute atomic E-state index is 0.196. The van der Waals surface area contributed by atoms with Crippen molar-refractivity contribution >= 4 is 5.91 Å². The van der Waals surface area contributed by atoms with Gasteiger partial charge in [-0.15, -0.1) is 0 Å². The lowest BCUT2D eigenvalue weighted by molar-refractivity contribution is -0.130. The van der Waals surface area contributed by atoms with Gasteiger partial charge in [0.15, 0.2) is 0 Å². The predicted octanol–water partition coefficient (Wildman–Crippen LogP) is 0.217. The van der Waals surface area contributed by atoms with E-state index in [1.54, 1.807) is 6.92 Å². The Morgan fingerprint density at radius 1 is 1.73 bits per heavy atom. The van der Waals surface area contributed by atoms with Crippen molar-refractivity contribution in [3.05, 3.63) is 0 Å². The molecule has 1 N–H and O–H groups in total. The SMILES string of the molecule is CCN(C(C)=O)[C@H]1CCNC1. The van der Waals surface area contributed by atoms with E-state index in [1.807, 2.05) is 11.8 Å². The molecule has 0 saturated carbocycles. The number of nitrogens with zero attached hydrogens (tertiary/aromatic N) is 1. The Kier molecular flexibility index (Phi) is 2.88. The molecule has 0 spiro atoms. The summed E-state index contributed by atoms with van der Waals surface area (Å²) in [5.41, 5.74) is 0. The molecule has 3 nitrogen and oxygen atoms in total. The second kappa shape index (κ2) is 3.72. The molecular weight excluding hydrogens is 140 g/mol. The number of rotatable bonds is 2. The number of hydrogen-bond acceptors (Lipinski definition) is 2. The summed E-state index contributed by atoms with van der Waals surface area (Å²) in [5, 5.41) is 3.25. The largest absolute Gasteiger partial charge is 0.339 e. The molecule has 0 radical (unpaired) electrons. The Morgan fingerprint density at radius 2 is 2.45 bits per heavy atom. The average molecular weight is 156 g/mol. The number of carbonyl (C=O) groups is 1. The summed E-state index contributed by atoms with van der Waals surface area (Å²) in [4.78, 5) is 13.0. The van der Waals surface area contributed by atoms with E-state index in [9.17, 15) is 4.79 Å². The van der Waals surface area contributed by atoms with Gasteiger partial charge in [-0.2, -0.15) is 0 Å². The van der Waals surface area contributed by atoms with Crippen molar-refractivity contribution in [3.63, 3.8) is 0 Å². The third-order valence-electron chi connectivity index (χ3n) is 2.22. The molecule has 1 fully saturated rings. The highest BCUT2D eigenvalue weighted by atomic mass is 16.2. The molecule has 11 heavy (non-hydrogen) atoms. The lowest BCUT2D eigenvalue weighted by Gasteiger charge is -2.25. The minimum atomic E-state index is 0.196. The summed E-state index contributed by atoms with van der Waals surface area (Å²) in [7, 11) is 0. The third-order valence-corrected chi connectivity index (χ3v) is 2.22. The zero-order chi connectivity index (χ0) is 8.27. The van der Waals surface area contributed by atoms with Crippen LogP contribution in [-0.2, 0) is 4.79 Å². The molecule has 1 aliphatic rings. The lowest BCUT2D eigenvalue weighted by atomic mass is 10.2. The summed E-state index contributed by atoms with van der Waals surface area (Å²) in [5.74, 6) is 0.196. The fourth-order valence-corrected chi connectivity index (χ4v) is 1.64. The van der Waals surface area contributed by atoms with Crippen LogP contribution in [0.15, 0.2) is 0 Å². The molecule has 0 aliphatic carbocycles. The van der Waals surface area contributed by atoms with Crippen molar-refractivity contribution in [1.82, 2.24) is 10.2 Å². The molecule has 1 rings (SSSR count). The fraction of sp³-hybridized carbons (Fsp3) is 0.875. The van der Waals surface area contributed by atoms with Crippen LogP contribution in [0.5, 0.6) is 0 Å². The van der Waals surface area contributed by atoms with Crippen molar-refractivity contribution in [2.24, 2.45) is 0 Å². The number of likely N-dealkylation sites (N-methyl/N-ethyl adjacent to an activating group) is 1. The van der Waals surface area contributed by atoms with Gasteiger partial charge in [-0.3, -0.25) is 4.79 Å². The van der Waals surface area contributed by atoms with Gasteiger partial charge in [0.1, 0.15) is 0 Å². The minimum Gasteiger partial charge on any atom is -0.339 e. The number of amides is 1. The van der Waals surface area contributed by atoms with Crippen LogP contribution >= 0.6 is 0 Å². The first-order valence-corrected chi connectivity index (χ1v) is 4.23. The second-order valence-corrected chi connectivity index (χ2v) is 2.95. The molecule has 0 unspecified atom stereocenters. The van der Waals surface area contributed by atoms with Crippen molar-refractivity contribution in [3.8, 4) is 0 Å². The van der Waals surface area contributed by atoms with Crippen LogP contribution < -0.4 is 5.32 Å². The van der Waals surface area contributed by atoms with Crippen molar-refractivity contribution in [2.75, 3.05) is 19.6 Å². The Balaban J connectivity index is 2.46. The molecule has 0 bridgehead atoms. The van der Waals surface area contributed by atoms with Crippen LogP contribution in [0.1, 0.15) is 20.3 Å². The van der Waals surface area contributed by atoms with Crippen molar-refractivity contribution in [2.45, 2.75) is 26.3 Å². The number of carbonyl (C=O) groups excluding carboxylic acids is 1. The summed E-state index contributed by atoms with van der Waals surface area (Å²) in [6.07, 6.45) is 1.10. The molecule has 3 heteroatoms. The molecule has 64 valence electrons. The topological polar surface area (TPSA) is 32.3 Å². The van der Waals surface area contributed by atoms with Gasteiger partial charge in [-0.1, -0.05) is 0 Å². The van der Waals surface area contributed by atoms with Crippen LogP contribution in [0, 0.1) is 0 Å². The van der Waals surface area contributed by atoms with Gasteiger partial charge < -0.3 is 10.2 Å². The fourth-order valence-electron chi connectivity index (χ4n) is 1.64. The van der Waals surface area contributed by atoms with Crippen LogP contribution in [0.2, 0.25) is 0 Å². The van der Waals surface area contributed by atoms with Crippen LogP contribution in [0.25, 0.3) is 0 Å². The maximum atomic E-state index is 11.1. The molecule has 0 aromatic carbocycles. The summed E-state index contributed by atoms with van der Waals surface area (Å²) < 4.78 is 0. The van der Waals surface area contributed by atoms with Gasteiger partial charge in [0.2, 0.25) is 5.91 Å². The van der Waals surface area contributed by atoms with Gasteiger partial charge in [0.05, 0.1) is 0 Å². The average Bonchev–Trinajstić information content (AvgIpc) is 2.40. The van der Waals surface area contributed by atoms with Gasteiger partial charge in [0, 0.05) is 26.1 Å². The molecule has 1 aliphatic heterocycles. The third kappa shape index (κ3) is 1.93. The highest BCUT2D eigenvalue weighted by Crippen LogP contribution is 2.07. The smallest absolute Gasteiger partial charge is 0.219 e. The quantitative estimate of drug-likeness (QED) is 0.620. The van der Waals surface area contributed by atoms with E-state index >= 15 is 0 Å². The molecular formula is C8H16N2O. The van der Waals surface area contributed by atoms with Crippen LogP contribution in [-0.4, -0.2) is 36.5 Å². The lowest BCUT2D eigenvalue weighted by Crippen LogP contribution is -2.39. The predicted molar refractivity (Wildman–Crippen MR) is 44.3 cm³/mol. The summed E-state index contributed by atoms with van der Waals surface area (Å²) >= 11 is 0.